The molecular weight excluding hydrogens is 284 g/mol. The lowest BCUT2D eigenvalue weighted by molar-refractivity contribution is -0.140. The van der Waals surface area contributed by atoms with E-state index in [0.29, 0.717) is 6.61 Å². The molecule has 1 aliphatic heterocycles. The van der Waals surface area contributed by atoms with Crippen LogP contribution in [0.2, 0.25) is 0 Å². The Kier molecular flexibility index (Phi) is 8.10. The average Bonchev–Trinajstić information content (AvgIpc) is 2.98. The van der Waals surface area contributed by atoms with Crippen molar-refractivity contribution in [2.45, 2.75) is 40.5 Å². The smallest absolute Gasteiger partial charge is 0.309 e. The van der Waals surface area contributed by atoms with E-state index in [4.69, 9.17) is 4.74 Å². The second-order valence-corrected chi connectivity index (χ2v) is 5.02. The largest absolute Gasteiger partial charge is 0.465 e. The summed E-state index contributed by atoms with van der Waals surface area (Å²) in [4.78, 5) is 11.5. The molecule has 1 saturated heterocycles. The van der Waals surface area contributed by atoms with Gasteiger partial charge >= 0.3 is 5.97 Å². The van der Waals surface area contributed by atoms with E-state index >= 15 is 0 Å². The molecule has 0 spiro atoms. The third-order valence-corrected chi connectivity index (χ3v) is 3.80. The zero-order chi connectivity index (χ0) is 17.2. The Morgan fingerprint density at radius 1 is 0.870 bits per heavy atom. The Labute approximate surface area is 140 Å². The van der Waals surface area contributed by atoms with Crippen molar-refractivity contribution in [2.24, 2.45) is 5.92 Å². The highest BCUT2D eigenvalue weighted by molar-refractivity contribution is 5.76. The summed E-state index contributed by atoms with van der Waals surface area (Å²) in [6.07, 6.45) is 0. The second kappa shape index (κ2) is 9.83. The van der Waals surface area contributed by atoms with Gasteiger partial charge in [-0.2, -0.15) is 0 Å². The zero-order valence-electron chi connectivity index (χ0n) is 14.9. The van der Waals surface area contributed by atoms with Crippen LogP contribution < -0.4 is 0 Å². The lowest BCUT2D eigenvalue weighted by Crippen LogP contribution is -2.10. The second-order valence-electron chi connectivity index (χ2n) is 5.02. The van der Waals surface area contributed by atoms with Crippen LogP contribution in [-0.4, -0.2) is 12.6 Å². The molecule has 1 fully saturated rings. The van der Waals surface area contributed by atoms with Crippen molar-refractivity contribution in [1.82, 2.24) is 0 Å². The first kappa shape index (κ1) is 19.0. The molecule has 2 heteroatoms. The fraction of sp³-hybridized carbons (Fsp3) is 0.381. The molecule has 0 amide bonds. The standard InChI is InChI=1S/C17H16O2.2C2H6/c1-12-16(11-19-17(12)18)15-9-5-8-14(10-15)13-6-3-2-4-7-13;2*1-2/h2-10,12,16H,11H2,1H3;2*1-2H3. The van der Waals surface area contributed by atoms with E-state index in [1.54, 1.807) is 0 Å². The third kappa shape index (κ3) is 4.69. The van der Waals surface area contributed by atoms with Crippen LogP contribution in [0.5, 0.6) is 0 Å². The van der Waals surface area contributed by atoms with E-state index in [0.717, 1.165) is 0 Å². The highest BCUT2D eigenvalue weighted by Gasteiger charge is 2.34. The minimum Gasteiger partial charge on any atom is -0.465 e. The van der Waals surface area contributed by atoms with Crippen LogP contribution in [-0.2, 0) is 9.53 Å². The number of hydrogen-bond donors (Lipinski definition) is 0. The molecule has 0 N–H and O–H groups in total. The van der Waals surface area contributed by atoms with Crippen LogP contribution in [0, 0.1) is 5.92 Å². The number of carbonyl (C=O) groups excluding carboxylic acids is 1. The molecule has 23 heavy (non-hydrogen) atoms. The Hall–Kier alpha value is -2.09. The molecule has 0 radical (unpaired) electrons. The lowest BCUT2D eigenvalue weighted by Gasteiger charge is -2.13. The molecule has 0 bridgehead atoms. The summed E-state index contributed by atoms with van der Waals surface area (Å²) in [5, 5.41) is 0. The molecule has 3 rings (SSSR count). The van der Waals surface area contributed by atoms with Gasteiger partial charge in [0.25, 0.3) is 0 Å². The molecule has 1 heterocycles. The van der Waals surface area contributed by atoms with Crippen molar-refractivity contribution in [3.63, 3.8) is 0 Å². The summed E-state index contributed by atoms with van der Waals surface area (Å²) in [6, 6.07) is 18.7. The van der Waals surface area contributed by atoms with Crippen molar-refractivity contribution >= 4 is 5.97 Å². The number of ether oxygens (including phenoxy) is 1. The molecule has 2 nitrogen and oxygen atoms in total. The molecule has 2 unspecified atom stereocenters. The fourth-order valence-electron chi connectivity index (χ4n) is 2.58. The van der Waals surface area contributed by atoms with Gasteiger partial charge in [0.15, 0.2) is 0 Å². The van der Waals surface area contributed by atoms with E-state index < -0.39 is 0 Å². The van der Waals surface area contributed by atoms with Crippen LogP contribution in [0.25, 0.3) is 11.1 Å². The van der Waals surface area contributed by atoms with E-state index in [1.807, 2.05) is 58.9 Å². The number of esters is 1. The Bertz CT molecular complexity index is 590. The van der Waals surface area contributed by atoms with Crippen LogP contribution in [0.4, 0.5) is 0 Å². The lowest BCUT2D eigenvalue weighted by atomic mass is 9.88. The first-order valence-corrected chi connectivity index (χ1v) is 8.58. The highest BCUT2D eigenvalue weighted by atomic mass is 16.5. The molecule has 2 aromatic rings. The molecule has 0 aromatic heterocycles. The van der Waals surface area contributed by atoms with Crippen molar-refractivity contribution < 1.29 is 9.53 Å². The first-order valence-electron chi connectivity index (χ1n) is 8.58. The maximum atomic E-state index is 11.5. The molecule has 0 aliphatic carbocycles. The van der Waals surface area contributed by atoms with Gasteiger partial charge in [0, 0.05) is 5.92 Å². The summed E-state index contributed by atoms with van der Waals surface area (Å²) in [6.45, 7) is 10.4. The summed E-state index contributed by atoms with van der Waals surface area (Å²) in [7, 11) is 0. The van der Waals surface area contributed by atoms with E-state index in [9.17, 15) is 4.79 Å². The molecule has 124 valence electrons. The van der Waals surface area contributed by atoms with Crippen molar-refractivity contribution in [2.75, 3.05) is 6.61 Å². The van der Waals surface area contributed by atoms with Crippen LogP contribution in [0.15, 0.2) is 54.6 Å². The van der Waals surface area contributed by atoms with E-state index in [-0.39, 0.29) is 17.8 Å². The van der Waals surface area contributed by atoms with Crippen molar-refractivity contribution in [1.29, 1.82) is 0 Å². The SMILES string of the molecule is CC.CC.CC1C(=O)OCC1c1cccc(-c2ccccc2)c1. The van der Waals surface area contributed by atoms with Gasteiger partial charge in [-0.15, -0.1) is 0 Å². The zero-order valence-corrected chi connectivity index (χ0v) is 14.9. The van der Waals surface area contributed by atoms with Crippen LogP contribution >= 0.6 is 0 Å². The van der Waals surface area contributed by atoms with Gasteiger partial charge in [0.1, 0.15) is 0 Å². The fourth-order valence-corrected chi connectivity index (χ4v) is 2.58. The maximum absolute atomic E-state index is 11.5. The van der Waals surface area contributed by atoms with Gasteiger partial charge in [0.05, 0.1) is 12.5 Å². The number of rotatable bonds is 2. The number of cyclic esters (lactones) is 1. The van der Waals surface area contributed by atoms with Crippen LogP contribution in [0.3, 0.4) is 0 Å². The van der Waals surface area contributed by atoms with Gasteiger partial charge in [0.2, 0.25) is 0 Å². The molecule has 1 aliphatic rings. The summed E-state index contributed by atoms with van der Waals surface area (Å²) in [5.74, 6) is 0.0392. The normalized spacial score (nSPS) is 18.9. The van der Waals surface area contributed by atoms with Gasteiger partial charge in [-0.25, -0.2) is 0 Å². The molecule has 2 atom stereocenters. The topological polar surface area (TPSA) is 26.3 Å². The van der Waals surface area contributed by atoms with Crippen molar-refractivity contribution in [3.8, 4) is 11.1 Å². The molecule has 2 aromatic carbocycles. The minimum absolute atomic E-state index is 0.0500. The van der Waals surface area contributed by atoms with E-state index in [1.165, 1.54) is 16.7 Å². The number of benzene rings is 2. The number of hydrogen-bond acceptors (Lipinski definition) is 2. The monoisotopic (exact) mass is 312 g/mol. The van der Waals surface area contributed by atoms with Gasteiger partial charge in [-0.3, -0.25) is 4.79 Å². The van der Waals surface area contributed by atoms with Gasteiger partial charge < -0.3 is 4.74 Å². The average molecular weight is 312 g/mol. The molecular formula is C21H28O2. The maximum Gasteiger partial charge on any atom is 0.309 e. The van der Waals surface area contributed by atoms with E-state index in [2.05, 4.69) is 30.3 Å². The Balaban J connectivity index is 0.000000615. The quantitative estimate of drug-likeness (QED) is 0.667. The summed E-state index contributed by atoms with van der Waals surface area (Å²) < 4.78 is 5.14. The Morgan fingerprint density at radius 2 is 1.48 bits per heavy atom. The molecule has 0 saturated carbocycles. The van der Waals surface area contributed by atoms with Crippen molar-refractivity contribution in [3.05, 3.63) is 60.2 Å². The van der Waals surface area contributed by atoms with Crippen LogP contribution in [0.1, 0.15) is 46.1 Å². The summed E-state index contributed by atoms with van der Waals surface area (Å²) >= 11 is 0. The van der Waals surface area contributed by atoms with Gasteiger partial charge in [-0.1, -0.05) is 89.2 Å². The predicted molar refractivity (Wildman–Crippen MR) is 97.4 cm³/mol. The Morgan fingerprint density at radius 3 is 2.04 bits per heavy atom. The summed E-state index contributed by atoms with van der Waals surface area (Å²) in [5.41, 5.74) is 3.56. The first-order chi connectivity index (χ1) is 11.3. The number of carbonyl (C=O) groups is 1. The highest BCUT2D eigenvalue weighted by Crippen LogP contribution is 2.33. The van der Waals surface area contributed by atoms with Gasteiger partial charge in [-0.05, 0) is 16.7 Å². The third-order valence-electron chi connectivity index (χ3n) is 3.80. The minimum atomic E-state index is -0.0879. The predicted octanol–water partition coefficient (Wildman–Crippen LogP) is 5.68.